The summed E-state index contributed by atoms with van der Waals surface area (Å²) in [6.45, 7) is 0. The summed E-state index contributed by atoms with van der Waals surface area (Å²) in [5.41, 5.74) is 4.75. The summed E-state index contributed by atoms with van der Waals surface area (Å²) in [4.78, 5) is 1.57. The van der Waals surface area contributed by atoms with Gasteiger partial charge in [0, 0.05) is 27.8 Å². The molecule has 0 amide bonds. The normalized spacial score (nSPS) is 14.7. The summed E-state index contributed by atoms with van der Waals surface area (Å²) in [5, 5.41) is 4.18. The van der Waals surface area contributed by atoms with Gasteiger partial charge in [0.25, 0.3) is 0 Å². The molecule has 0 saturated heterocycles. The molecule has 0 fully saturated rings. The maximum Gasteiger partial charge on any atom is 0.136 e. The van der Waals surface area contributed by atoms with E-state index in [0.717, 1.165) is 43.8 Å². The molecule has 0 saturated carbocycles. The molecule has 8 rings (SSSR count). The van der Waals surface area contributed by atoms with Crippen molar-refractivity contribution in [3.8, 4) is 22.3 Å². The smallest absolute Gasteiger partial charge is 0.136 e. The molecule has 0 spiro atoms. The van der Waals surface area contributed by atoms with E-state index in [-0.39, 0.29) is 23.3 Å². The Kier molecular flexibility index (Phi) is 3.85. The van der Waals surface area contributed by atoms with Crippen LogP contribution in [0.1, 0.15) is 13.7 Å². The minimum atomic E-state index is -0.513. The van der Waals surface area contributed by atoms with Crippen molar-refractivity contribution in [1.29, 1.82) is 0 Å². The zero-order valence-electron chi connectivity index (χ0n) is 32.2. The quantitative estimate of drug-likeness (QED) is 0.213. The van der Waals surface area contributed by atoms with Gasteiger partial charge in [-0.3, -0.25) is 0 Å². The minimum absolute atomic E-state index is 0.0346. The summed E-state index contributed by atoms with van der Waals surface area (Å²) in [6, 6.07) is 27.8. The van der Waals surface area contributed by atoms with Crippen LogP contribution in [-0.4, -0.2) is 0 Å². The van der Waals surface area contributed by atoms with Gasteiger partial charge in [-0.1, -0.05) is 109 Å². The highest BCUT2D eigenvalue weighted by atomic mass is 16.3. The lowest BCUT2D eigenvalue weighted by atomic mass is 9.98. The molecule has 0 unspecified atom stereocenters. The number of furan rings is 1. The molecular weight excluding hydrogens is 510 g/mol. The molecule has 0 aliphatic carbocycles. The topological polar surface area (TPSA) is 16.4 Å². The molecule has 0 aliphatic heterocycles. The number of fused-ring (bicyclic) bond motifs is 5. The Morgan fingerprint density at radius 2 is 1.05 bits per heavy atom. The van der Waals surface area contributed by atoms with Crippen molar-refractivity contribution in [2.75, 3.05) is 4.90 Å². The van der Waals surface area contributed by atoms with Gasteiger partial charge in [-0.15, -0.1) is 0 Å². The lowest BCUT2D eigenvalue weighted by molar-refractivity contribution is 0.669. The zero-order chi connectivity index (χ0) is 36.6. The minimum Gasteiger partial charge on any atom is -0.456 e. The first kappa shape index (κ1) is 16.0. The summed E-state index contributed by atoms with van der Waals surface area (Å²) in [7, 11) is 0. The van der Waals surface area contributed by atoms with E-state index in [2.05, 4.69) is 12.1 Å². The van der Waals surface area contributed by atoms with Crippen LogP contribution in [0, 0.1) is 0 Å². The van der Waals surface area contributed by atoms with E-state index >= 15 is 0 Å². The largest absolute Gasteiger partial charge is 0.456 e. The van der Waals surface area contributed by atoms with Crippen molar-refractivity contribution >= 4 is 49.8 Å². The van der Waals surface area contributed by atoms with Gasteiger partial charge in [0.2, 0.25) is 0 Å². The average Bonchev–Trinajstić information content (AvgIpc) is 3.56. The van der Waals surface area contributed by atoms with Gasteiger partial charge in [-0.05, 0) is 87.6 Å². The lowest BCUT2D eigenvalue weighted by Gasteiger charge is -2.26. The fourth-order valence-corrected chi connectivity index (χ4v) is 5.46. The molecule has 0 N–H and O–H groups in total. The van der Waals surface area contributed by atoms with Crippen LogP contribution < -0.4 is 4.90 Å². The molecule has 2 heteroatoms. The standard InChI is InChI=1S/C40H27NO/c1-3-9-28(10-4-1)29-17-22-34(23-18-29)41(33-11-5-2-6-12-33)35-24-19-30(20-25-35)32-16-15-31-21-26-39-40(37(31)27-32)36-13-7-8-14-38(36)42-39/h1-27H/i1D,2D,3D,4D,5D,6D,9D,10D,11D,12D. The van der Waals surface area contributed by atoms with Crippen LogP contribution in [0.3, 0.4) is 0 Å². The summed E-state index contributed by atoms with van der Waals surface area (Å²) in [6.07, 6.45) is 0. The molecule has 7 aromatic carbocycles. The lowest BCUT2D eigenvalue weighted by Crippen LogP contribution is -2.09. The van der Waals surface area contributed by atoms with E-state index < -0.39 is 48.3 Å². The molecule has 0 radical (unpaired) electrons. The highest BCUT2D eigenvalue weighted by Crippen LogP contribution is 2.39. The monoisotopic (exact) mass is 547 g/mol. The molecule has 1 heterocycles. The molecule has 0 bridgehead atoms. The number of rotatable bonds is 5. The summed E-state index contributed by atoms with van der Waals surface area (Å²) < 4.78 is 89.6. The Morgan fingerprint density at radius 1 is 0.452 bits per heavy atom. The van der Waals surface area contributed by atoms with Crippen molar-refractivity contribution < 1.29 is 18.1 Å². The second-order valence-electron chi connectivity index (χ2n) is 9.88. The molecule has 1 aromatic heterocycles. The average molecular weight is 548 g/mol. The van der Waals surface area contributed by atoms with Crippen LogP contribution in [0.4, 0.5) is 17.1 Å². The fraction of sp³-hybridized carbons (Fsp3) is 0. The van der Waals surface area contributed by atoms with Gasteiger partial charge in [0.1, 0.15) is 11.2 Å². The second-order valence-corrected chi connectivity index (χ2v) is 9.88. The molecule has 2 nitrogen and oxygen atoms in total. The number of benzene rings is 7. The third-order valence-electron chi connectivity index (χ3n) is 7.44. The number of nitrogens with zero attached hydrogens (tertiary/aromatic N) is 1. The van der Waals surface area contributed by atoms with Crippen LogP contribution in [0.5, 0.6) is 0 Å². The number of hydrogen-bond donors (Lipinski definition) is 0. The molecule has 42 heavy (non-hydrogen) atoms. The maximum atomic E-state index is 8.80. The van der Waals surface area contributed by atoms with Gasteiger partial charge < -0.3 is 9.32 Å². The van der Waals surface area contributed by atoms with E-state index in [9.17, 15) is 0 Å². The van der Waals surface area contributed by atoms with E-state index in [1.165, 1.54) is 0 Å². The first-order valence-electron chi connectivity index (χ1n) is 18.4. The van der Waals surface area contributed by atoms with Crippen LogP contribution in [0.15, 0.2) is 168 Å². The SMILES string of the molecule is [2H]c1c([2H])c([2H])c(-c2ccc(N(c3ccc(-c4ccc5ccc6oc7ccccc7c6c5c4)cc3)c3c([2H])c([2H])c([2H])c([2H])c3[2H])cc2)c([2H])c1[2H]. The first-order chi connectivity index (χ1) is 25.0. The van der Waals surface area contributed by atoms with Crippen molar-refractivity contribution in [2.45, 2.75) is 0 Å². The molecular formula is C40H27NO. The summed E-state index contributed by atoms with van der Waals surface area (Å²) in [5.74, 6) is 0. The van der Waals surface area contributed by atoms with Crippen LogP contribution >= 0.6 is 0 Å². The Balaban J connectivity index is 1.26. The van der Waals surface area contributed by atoms with Gasteiger partial charge in [-0.2, -0.15) is 0 Å². The highest BCUT2D eigenvalue weighted by molar-refractivity contribution is 6.19. The Bertz CT molecular complexity index is 2680. The highest BCUT2D eigenvalue weighted by Gasteiger charge is 2.14. The summed E-state index contributed by atoms with van der Waals surface area (Å²) >= 11 is 0. The second kappa shape index (κ2) is 10.1. The number of hydrogen-bond acceptors (Lipinski definition) is 2. The van der Waals surface area contributed by atoms with Gasteiger partial charge in [0.05, 0.1) is 13.7 Å². The predicted molar refractivity (Wildman–Crippen MR) is 177 cm³/mol. The van der Waals surface area contributed by atoms with E-state index in [1.54, 1.807) is 29.2 Å². The molecule has 8 aromatic rings. The third kappa shape index (κ3) is 4.22. The third-order valence-corrected chi connectivity index (χ3v) is 7.44. The van der Waals surface area contributed by atoms with Crippen LogP contribution in [0.25, 0.3) is 55.0 Å². The van der Waals surface area contributed by atoms with Crippen LogP contribution in [-0.2, 0) is 0 Å². The molecule has 0 atom stereocenters. The molecule has 0 aliphatic rings. The molecule has 198 valence electrons. The van der Waals surface area contributed by atoms with Crippen molar-refractivity contribution in [3.63, 3.8) is 0 Å². The van der Waals surface area contributed by atoms with Crippen molar-refractivity contribution in [1.82, 2.24) is 0 Å². The van der Waals surface area contributed by atoms with Crippen LogP contribution in [0.2, 0.25) is 0 Å². The first-order valence-corrected chi connectivity index (χ1v) is 13.4. The van der Waals surface area contributed by atoms with Gasteiger partial charge in [-0.25, -0.2) is 0 Å². The Morgan fingerprint density at radius 3 is 1.76 bits per heavy atom. The van der Waals surface area contributed by atoms with Crippen molar-refractivity contribution in [3.05, 3.63) is 164 Å². The number of para-hydroxylation sites is 2. The maximum absolute atomic E-state index is 8.80. The Hall–Kier alpha value is -5.60. The van der Waals surface area contributed by atoms with E-state index in [4.69, 9.17) is 18.1 Å². The fourth-order valence-electron chi connectivity index (χ4n) is 5.46. The Labute approximate surface area is 258 Å². The number of anilines is 3. The van der Waals surface area contributed by atoms with Gasteiger partial charge in [0.15, 0.2) is 0 Å². The van der Waals surface area contributed by atoms with E-state index in [1.807, 2.05) is 66.7 Å². The predicted octanol–water partition coefficient (Wildman–Crippen LogP) is 11.5. The van der Waals surface area contributed by atoms with Crippen molar-refractivity contribution in [2.24, 2.45) is 0 Å². The van der Waals surface area contributed by atoms with E-state index in [0.29, 0.717) is 16.9 Å². The van der Waals surface area contributed by atoms with Gasteiger partial charge >= 0.3 is 0 Å². The zero-order valence-corrected chi connectivity index (χ0v) is 22.2.